The van der Waals surface area contributed by atoms with Crippen molar-refractivity contribution in [1.82, 2.24) is 20.4 Å². The number of carbonyl (C=O) groups is 2. The van der Waals surface area contributed by atoms with Crippen molar-refractivity contribution in [2.45, 2.75) is 25.8 Å². The standard InChI is InChI=1S/C32H34BrN5O5/c1-41-27-12-7-21(19-28(27)42-2)13-16-34-32(40)25-5-3-4-6-26(25)35-31(39)23-14-17-38(18-15-23)20-29-36-30(37-43-29)22-8-10-24(33)11-9-22/h3-12,19,23H,13-18,20H2,1-2H3,(H,34,40)(H,35,39). The molecular weight excluding hydrogens is 614 g/mol. The number of aromatic nitrogens is 2. The monoisotopic (exact) mass is 647 g/mol. The number of anilines is 1. The number of para-hydroxylation sites is 1. The second-order valence-electron chi connectivity index (χ2n) is 10.3. The summed E-state index contributed by atoms with van der Waals surface area (Å²) in [5, 5.41) is 10.1. The number of ether oxygens (including phenoxy) is 2. The van der Waals surface area contributed by atoms with Gasteiger partial charge in [0.05, 0.1) is 32.0 Å². The molecule has 43 heavy (non-hydrogen) atoms. The number of benzene rings is 3. The van der Waals surface area contributed by atoms with E-state index in [9.17, 15) is 9.59 Å². The molecule has 0 radical (unpaired) electrons. The quantitative estimate of drug-likeness (QED) is 0.224. The van der Waals surface area contributed by atoms with E-state index in [1.54, 1.807) is 32.4 Å². The highest BCUT2D eigenvalue weighted by atomic mass is 79.9. The second kappa shape index (κ2) is 14.3. The summed E-state index contributed by atoms with van der Waals surface area (Å²) in [6, 6.07) is 20.5. The third-order valence-corrected chi connectivity index (χ3v) is 7.99. The van der Waals surface area contributed by atoms with Gasteiger partial charge < -0.3 is 24.6 Å². The van der Waals surface area contributed by atoms with Crippen LogP contribution in [0.2, 0.25) is 0 Å². The van der Waals surface area contributed by atoms with Crippen molar-refractivity contribution in [3.05, 3.63) is 88.2 Å². The van der Waals surface area contributed by atoms with E-state index in [1.165, 1.54) is 0 Å². The lowest BCUT2D eigenvalue weighted by molar-refractivity contribution is -0.121. The third-order valence-electron chi connectivity index (χ3n) is 7.46. The van der Waals surface area contributed by atoms with E-state index >= 15 is 0 Å². The highest BCUT2D eigenvalue weighted by molar-refractivity contribution is 9.10. The van der Waals surface area contributed by atoms with Crippen LogP contribution in [0.15, 0.2) is 75.7 Å². The van der Waals surface area contributed by atoms with Crippen LogP contribution in [-0.2, 0) is 17.8 Å². The van der Waals surface area contributed by atoms with Crippen LogP contribution in [0.4, 0.5) is 5.69 Å². The van der Waals surface area contributed by atoms with Gasteiger partial charge in [-0.1, -0.05) is 39.3 Å². The van der Waals surface area contributed by atoms with Crippen molar-refractivity contribution < 1.29 is 23.6 Å². The number of methoxy groups -OCH3 is 2. The molecule has 11 heteroatoms. The van der Waals surface area contributed by atoms with E-state index in [0.29, 0.717) is 66.8 Å². The molecule has 2 N–H and O–H groups in total. The molecule has 10 nitrogen and oxygen atoms in total. The Hall–Kier alpha value is -4.22. The molecule has 1 aliphatic rings. The van der Waals surface area contributed by atoms with Gasteiger partial charge >= 0.3 is 0 Å². The maximum atomic E-state index is 13.2. The van der Waals surface area contributed by atoms with Gasteiger partial charge in [0.2, 0.25) is 17.6 Å². The first-order chi connectivity index (χ1) is 20.9. The summed E-state index contributed by atoms with van der Waals surface area (Å²) in [6.45, 7) is 2.42. The van der Waals surface area contributed by atoms with E-state index < -0.39 is 0 Å². The summed E-state index contributed by atoms with van der Waals surface area (Å²) in [7, 11) is 3.19. The van der Waals surface area contributed by atoms with Gasteiger partial charge in [-0.15, -0.1) is 0 Å². The predicted octanol–water partition coefficient (Wildman–Crippen LogP) is 5.34. The van der Waals surface area contributed by atoms with Crippen LogP contribution in [0.3, 0.4) is 0 Å². The molecule has 1 fully saturated rings. The van der Waals surface area contributed by atoms with Crippen molar-refractivity contribution in [3.8, 4) is 22.9 Å². The van der Waals surface area contributed by atoms with Crippen molar-refractivity contribution in [2.24, 2.45) is 5.92 Å². The van der Waals surface area contributed by atoms with Gasteiger partial charge in [0.25, 0.3) is 5.91 Å². The number of amides is 2. The van der Waals surface area contributed by atoms with Gasteiger partial charge in [-0.3, -0.25) is 14.5 Å². The Kier molecular flexibility index (Phi) is 10.1. The largest absolute Gasteiger partial charge is 0.493 e. The lowest BCUT2D eigenvalue weighted by Gasteiger charge is -2.30. The highest BCUT2D eigenvalue weighted by Gasteiger charge is 2.27. The lowest BCUT2D eigenvalue weighted by atomic mass is 9.95. The SMILES string of the molecule is COc1ccc(CCNC(=O)c2ccccc2NC(=O)C2CCN(Cc3nc(-c4ccc(Br)cc4)no3)CC2)cc1OC. The molecule has 0 unspecified atom stereocenters. The number of nitrogens with one attached hydrogen (secondary N) is 2. The zero-order chi connectivity index (χ0) is 30.2. The minimum Gasteiger partial charge on any atom is -0.493 e. The number of piperidine rings is 1. The zero-order valence-corrected chi connectivity index (χ0v) is 25.7. The molecule has 5 rings (SSSR count). The average Bonchev–Trinajstić information content (AvgIpc) is 3.50. The van der Waals surface area contributed by atoms with E-state index in [-0.39, 0.29) is 17.7 Å². The first-order valence-corrected chi connectivity index (χ1v) is 14.9. The summed E-state index contributed by atoms with van der Waals surface area (Å²) in [4.78, 5) is 32.9. The Bertz CT molecular complexity index is 1550. The molecule has 224 valence electrons. The summed E-state index contributed by atoms with van der Waals surface area (Å²) in [5.74, 6) is 1.92. The van der Waals surface area contributed by atoms with Crippen molar-refractivity contribution >= 4 is 33.4 Å². The number of halogens is 1. The van der Waals surface area contributed by atoms with Crippen LogP contribution >= 0.6 is 15.9 Å². The van der Waals surface area contributed by atoms with Gasteiger partial charge in [-0.05, 0) is 86.4 Å². The van der Waals surface area contributed by atoms with Crippen molar-refractivity contribution in [2.75, 3.05) is 39.2 Å². The number of hydrogen-bond acceptors (Lipinski definition) is 8. The van der Waals surface area contributed by atoms with E-state index in [1.807, 2.05) is 48.5 Å². The first-order valence-electron chi connectivity index (χ1n) is 14.1. The predicted molar refractivity (Wildman–Crippen MR) is 166 cm³/mol. The molecule has 4 aromatic rings. The molecule has 3 aromatic carbocycles. The van der Waals surface area contributed by atoms with E-state index in [0.717, 1.165) is 28.7 Å². The summed E-state index contributed by atoms with van der Waals surface area (Å²) in [6.07, 6.45) is 2.01. The van der Waals surface area contributed by atoms with Gasteiger partial charge in [0.1, 0.15) is 0 Å². The molecule has 1 aliphatic heterocycles. The molecule has 0 saturated carbocycles. The Morgan fingerprint density at radius 1 is 1.00 bits per heavy atom. The normalized spacial score (nSPS) is 13.8. The van der Waals surface area contributed by atoms with E-state index in [4.69, 9.17) is 14.0 Å². The van der Waals surface area contributed by atoms with Crippen LogP contribution in [0, 0.1) is 5.92 Å². The average molecular weight is 649 g/mol. The molecule has 0 aliphatic carbocycles. The Balaban J connectivity index is 1.10. The van der Waals surface area contributed by atoms with Crippen LogP contribution in [0.1, 0.15) is 34.7 Å². The minimum atomic E-state index is -0.242. The number of hydrogen-bond donors (Lipinski definition) is 2. The van der Waals surface area contributed by atoms with Gasteiger partial charge in [0, 0.05) is 22.5 Å². The van der Waals surface area contributed by atoms with Gasteiger partial charge in [-0.25, -0.2) is 0 Å². The summed E-state index contributed by atoms with van der Waals surface area (Å²) in [5.41, 5.74) is 2.83. The van der Waals surface area contributed by atoms with Crippen molar-refractivity contribution in [3.63, 3.8) is 0 Å². The minimum absolute atomic E-state index is 0.0828. The molecule has 2 amide bonds. The van der Waals surface area contributed by atoms with Crippen LogP contribution in [-0.4, -0.2) is 60.7 Å². The molecule has 2 heterocycles. The molecule has 0 atom stereocenters. The lowest BCUT2D eigenvalue weighted by Crippen LogP contribution is -2.38. The number of rotatable bonds is 11. The van der Waals surface area contributed by atoms with Crippen LogP contribution < -0.4 is 20.1 Å². The fraction of sp³-hybridized carbons (Fsp3) is 0.312. The summed E-state index contributed by atoms with van der Waals surface area (Å²) < 4.78 is 17.1. The van der Waals surface area contributed by atoms with E-state index in [2.05, 4.69) is 41.6 Å². The van der Waals surface area contributed by atoms with Gasteiger partial charge in [-0.2, -0.15) is 4.98 Å². The first kappa shape index (κ1) is 30.2. The Labute approximate surface area is 258 Å². The number of carbonyl (C=O) groups excluding carboxylic acids is 2. The fourth-order valence-corrected chi connectivity index (χ4v) is 5.32. The third kappa shape index (κ3) is 7.79. The Morgan fingerprint density at radius 3 is 2.49 bits per heavy atom. The zero-order valence-electron chi connectivity index (χ0n) is 24.1. The van der Waals surface area contributed by atoms with Gasteiger partial charge in [0.15, 0.2) is 11.5 Å². The number of nitrogens with zero attached hydrogens (tertiary/aromatic N) is 3. The maximum absolute atomic E-state index is 13.2. The topological polar surface area (TPSA) is 119 Å². The maximum Gasteiger partial charge on any atom is 0.253 e. The van der Waals surface area contributed by atoms with Crippen LogP contribution in [0.25, 0.3) is 11.4 Å². The highest BCUT2D eigenvalue weighted by Crippen LogP contribution is 2.28. The molecule has 1 saturated heterocycles. The molecule has 0 spiro atoms. The molecular formula is C32H34BrN5O5. The van der Waals surface area contributed by atoms with Crippen molar-refractivity contribution in [1.29, 1.82) is 0 Å². The molecule has 1 aromatic heterocycles. The Morgan fingerprint density at radius 2 is 1.74 bits per heavy atom. The molecule has 0 bridgehead atoms. The fourth-order valence-electron chi connectivity index (χ4n) is 5.06. The second-order valence-corrected chi connectivity index (χ2v) is 11.2. The summed E-state index contributed by atoms with van der Waals surface area (Å²) >= 11 is 3.43. The van der Waals surface area contributed by atoms with Crippen LogP contribution in [0.5, 0.6) is 11.5 Å². The number of likely N-dealkylation sites (tertiary alicyclic amines) is 1. The smallest absolute Gasteiger partial charge is 0.253 e.